The van der Waals surface area contributed by atoms with Gasteiger partial charge in [0, 0.05) is 18.2 Å². The molecule has 0 radical (unpaired) electrons. The maximum absolute atomic E-state index is 12.7. The molecule has 2 unspecified atom stereocenters. The van der Waals surface area contributed by atoms with Gasteiger partial charge in [-0.2, -0.15) is 0 Å². The monoisotopic (exact) mass is 304 g/mol. The van der Waals surface area contributed by atoms with Crippen LogP contribution in [0.1, 0.15) is 31.4 Å². The third kappa shape index (κ3) is 2.95. The SMILES string of the molecule is CC(N)c1ccc(-c2cccs2)n(CC2CCCO2)c1=O. The molecule has 0 spiro atoms. The van der Waals surface area contributed by atoms with E-state index in [9.17, 15) is 4.79 Å². The summed E-state index contributed by atoms with van der Waals surface area (Å²) in [5.41, 5.74) is 7.54. The van der Waals surface area contributed by atoms with Crippen LogP contribution in [0.2, 0.25) is 0 Å². The molecule has 2 aromatic rings. The molecule has 2 N–H and O–H groups in total. The molecule has 5 heteroatoms. The molecule has 3 heterocycles. The fourth-order valence-corrected chi connectivity index (χ4v) is 3.51. The van der Waals surface area contributed by atoms with E-state index in [0.717, 1.165) is 30.0 Å². The number of pyridine rings is 1. The largest absolute Gasteiger partial charge is 0.376 e. The first-order chi connectivity index (χ1) is 10.2. The highest BCUT2D eigenvalue weighted by molar-refractivity contribution is 7.13. The third-order valence-electron chi connectivity index (χ3n) is 3.88. The number of ether oxygens (including phenoxy) is 1. The first kappa shape index (κ1) is 14.5. The summed E-state index contributed by atoms with van der Waals surface area (Å²) in [6, 6.07) is 7.64. The summed E-state index contributed by atoms with van der Waals surface area (Å²) in [5.74, 6) is 0. The summed E-state index contributed by atoms with van der Waals surface area (Å²) in [7, 11) is 0. The highest BCUT2D eigenvalue weighted by Gasteiger charge is 2.20. The number of rotatable bonds is 4. The Morgan fingerprint density at radius 2 is 2.33 bits per heavy atom. The van der Waals surface area contributed by atoms with E-state index in [1.165, 1.54) is 0 Å². The molecule has 3 rings (SSSR count). The highest BCUT2D eigenvalue weighted by Crippen LogP contribution is 2.25. The standard InChI is InChI=1S/C16H20N2O2S/c1-11(17)13-6-7-14(15-5-3-9-21-15)18(16(13)19)10-12-4-2-8-20-12/h3,5-7,9,11-12H,2,4,8,10,17H2,1H3. The molecule has 0 aliphatic carbocycles. The molecule has 1 fully saturated rings. The molecule has 1 aliphatic heterocycles. The van der Waals surface area contributed by atoms with Crippen molar-refractivity contribution >= 4 is 11.3 Å². The fourth-order valence-electron chi connectivity index (χ4n) is 2.75. The van der Waals surface area contributed by atoms with Gasteiger partial charge in [0.25, 0.3) is 5.56 Å². The van der Waals surface area contributed by atoms with Crippen LogP contribution >= 0.6 is 11.3 Å². The van der Waals surface area contributed by atoms with Gasteiger partial charge in [0.15, 0.2) is 0 Å². The molecule has 0 aromatic carbocycles. The minimum Gasteiger partial charge on any atom is -0.376 e. The molecule has 1 saturated heterocycles. The van der Waals surface area contributed by atoms with Gasteiger partial charge < -0.3 is 15.0 Å². The van der Waals surface area contributed by atoms with Crippen LogP contribution in [-0.4, -0.2) is 17.3 Å². The molecular formula is C16H20N2O2S. The van der Waals surface area contributed by atoms with Crippen molar-refractivity contribution in [3.63, 3.8) is 0 Å². The van der Waals surface area contributed by atoms with Crippen molar-refractivity contribution in [2.75, 3.05) is 6.61 Å². The molecule has 112 valence electrons. The molecule has 21 heavy (non-hydrogen) atoms. The fraction of sp³-hybridized carbons (Fsp3) is 0.438. The van der Waals surface area contributed by atoms with E-state index in [1.807, 2.05) is 41.1 Å². The molecule has 0 bridgehead atoms. The lowest BCUT2D eigenvalue weighted by atomic mass is 10.1. The van der Waals surface area contributed by atoms with Crippen LogP contribution in [0.15, 0.2) is 34.4 Å². The Labute approximate surface area is 128 Å². The van der Waals surface area contributed by atoms with Crippen molar-refractivity contribution in [2.45, 2.75) is 38.5 Å². The summed E-state index contributed by atoms with van der Waals surface area (Å²) in [6.45, 7) is 3.24. The second-order valence-corrected chi connectivity index (χ2v) is 6.44. The maximum Gasteiger partial charge on any atom is 0.255 e. The predicted molar refractivity (Wildman–Crippen MR) is 85.6 cm³/mol. The van der Waals surface area contributed by atoms with Crippen molar-refractivity contribution < 1.29 is 4.74 Å². The predicted octanol–water partition coefficient (Wildman–Crippen LogP) is 2.78. The summed E-state index contributed by atoms with van der Waals surface area (Å²) >= 11 is 1.64. The smallest absolute Gasteiger partial charge is 0.255 e. The molecule has 2 atom stereocenters. The minimum atomic E-state index is -0.259. The Kier molecular flexibility index (Phi) is 4.24. The van der Waals surface area contributed by atoms with Gasteiger partial charge in [0.2, 0.25) is 0 Å². The number of nitrogens with two attached hydrogens (primary N) is 1. The Balaban J connectivity index is 2.06. The maximum atomic E-state index is 12.7. The van der Waals surface area contributed by atoms with Crippen LogP contribution in [0.3, 0.4) is 0 Å². The molecule has 1 aliphatic rings. The van der Waals surface area contributed by atoms with E-state index in [0.29, 0.717) is 12.1 Å². The van der Waals surface area contributed by atoms with Crippen LogP contribution in [0.5, 0.6) is 0 Å². The van der Waals surface area contributed by atoms with Gasteiger partial charge in [0.1, 0.15) is 0 Å². The van der Waals surface area contributed by atoms with Crippen LogP contribution in [0.25, 0.3) is 10.6 Å². The van der Waals surface area contributed by atoms with Gasteiger partial charge in [0.05, 0.1) is 23.2 Å². The van der Waals surface area contributed by atoms with Crippen molar-refractivity contribution in [3.8, 4) is 10.6 Å². The summed E-state index contributed by atoms with van der Waals surface area (Å²) in [5, 5.41) is 2.02. The molecule has 0 saturated carbocycles. The Morgan fingerprint density at radius 3 is 2.95 bits per heavy atom. The summed E-state index contributed by atoms with van der Waals surface area (Å²) in [4.78, 5) is 13.8. The van der Waals surface area contributed by atoms with Gasteiger partial charge in [-0.25, -0.2) is 0 Å². The van der Waals surface area contributed by atoms with Crippen LogP contribution in [0.4, 0.5) is 0 Å². The topological polar surface area (TPSA) is 57.2 Å². The first-order valence-corrected chi connectivity index (χ1v) is 8.19. The molecular weight excluding hydrogens is 284 g/mol. The van der Waals surface area contributed by atoms with Crippen molar-refractivity contribution in [1.82, 2.24) is 4.57 Å². The van der Waals surface area contributed by atoms with Crippen LogP contribution in [0, 0.1) is 0 Å². The minimum absolute atomic E-state index is 0.00593. The summed E-state index contributed by atoms with van der Waals surface area (Å²) in [6.07, 6.45) is 2.21. The molecule has 4 nitrogen and oxygen atoms in total. The van der Waals surface area contributed by atoms with Crippen LogP contribution in [-0.2, 0) is 11.3 Å². The van der Waals surface area contributed by atoms with Crippen molar-refractivity contribution in [2.24, 2.45) is 5.73 Å². The van der Waals surface area contributed by atoms with Gasteiger partial charge in [-0.15, -0.1) is 11.3 Å². The van der Waals surface area contributed by atoms with Gasteiger partial charge in [-0.05, 0) is 43.3 Å². The third-order valence-corrected chi connectivity index (χ3v) is 4.77. The van der Waals surface area contributed by atoms with Gasteiger partial charge in [-0.3, -0.25) is 4.79 Å². The lowest BCUT2D eigenvalue weighted by Gasteiger charge is -2.18. The zero-order valence-corrected chi connectivity index (χ0v) is 12.9. The Hall–Kier alpha value is -1.43. The number of hydrogen-bond donors (Lipinski definition) is 1. The quantitative estimate of drug-likeness (QED) is 0.945. The number of nitrogens with zero attached hydrogens (tertiary/aromatic N) is 1. The van der Waals surface area contributed by atoms with E-state index >= 15 is 0 Å². The lowest BCUT2D eigenvalue weighted by Crippen LogP contribution is -2.31. The average Bonchev–Trinajstić information content (AvgIpc) is 3.13. The van der Waals surface area contributed by atoms with Crippen LogP contribution < -0.4 is 11.3 Å². The zero-order valence-electron chi connectivity index (χ0n) is 12.1. The van der Waals surface area contributed by atoms with Crippen molar-refractivity contribution in [3.05, 3.63) is 45.6 Å². The van der Waals surface area contributed by atoms with Gasteiger partial charge in [-0.1, -0.05) is 6.07 Å². The highest BCUT2D eigenvalue weighted by atomic mass is 32.1. The first-order valence-electron chi connectivity index (χ1n) is 7.31. The number of aromatic nitrogens is 1. The lowest BCUT2D eigenvalue weighted by molar-refractivity contribution is 0.0965. The van der Waals surface area contributed by atoms with E-state index in [-0.39, 0.29) is 17.7 Å². The zero-order chi connectivity index (χ0) is 14.8. The Morgan fingerprint density at radius 1 is 1.48 bits per heavy atom. The number of hydrogen-bond acceptors (Lipinski definition) is 4. The van der Waals surface area contributed by atoms with E-state index in [4.69, 9.17) is 10.5 Å². The second kappa shape index (κ2) is 6.13. The van der Waals surface area contributed by atoms with E-state index < -0.39 is 0 Å². The van der Waals surface area contributed by atoms with Gasteiger partial charge >= 0.3 is 0 Å². The Bertz CT molecular complexity index is 655. The van der Waals surface area contributed by atoms with E-state index in [1.54, 1.807) is 11.3 Å². The molecule has 0 amide bonds. The summed E-state index contributed by atoms with van der Waals surface area (Å²) < 4.78 is 7.53. The average molecular weight is 304 g/mol. The normalized spacial score (nSPS) is 19.8. The van der Waals surface area contributed by atoms with Crippen molar-refractivity contribution in [1.29, 1.82) is 0 Å². The van der Waals surface area contributed by atoms with E-state index in [2.05, 4.69) is 0 Å². The second-order valence-electron chi connectivity index (χ2n) is 5.49. The molecule has 2 aromatic heterocycles. The number of thiophene rings is 1.